The van der Waals surface area contributed by atoms with Crippen molar-refractivity contribution in [3.8, 4) is 0 Å². The summed E-state index contributed by atoms with van der Waals surface area (Å²) in [4.78, 5) is 5.98. The average molecular weight is 263 g/mol. The number of aliphatic imine (C=N–C) groups is 1. The number of hydrogen-bond donors (Lipinski definition) is 1. The Morgan fingerprint density at radius 2 is 2.05 bits per heavy atom. The van der Waals surface area contributed by atoms with Crippen LogP contribution < -0.4 is 0 Å². The van der Waals surface area contributed by atoms with Gasteiger partial charge in [-0.1, -0.05) is 0 Å². The third-order valence-corrected chi connectivity index (χ3v) is 3.00. The first kappa shape index (κ1) is 13.5. The highest BCUT2D eigenvalue weighted by molar-refractivity contribution is 5.85. The highest BCUT2D eigenvalue weighted by atomic mass is 19.1. The molecule has 1 aromatic heterocycles. The number of rotatable bonds is 3. The Balaban J connectivity index is 2.59. The van der Waals surface area contributed by atoms with Gasteiger partial charge in [-0.2, -0.15) is 0 Å². The van der Waals surface area contributed by atoms with Crippen LogP contribution in [-0.4, -0.2) is 35.0 Å². The lowest BCUT2D eigenvalue weighted by Crippen LogP contribution is -2.07. The van der Waals surface area contributed by atoms with E-state index in [2.05, 4.69) is 4.99 Å². The molecule has 0 saturated carbocycles. The van der Waals surface area contributed by atoms with Crippen molar-refractivity contribution in [3.63, 3.8) is 0 Å². The van der Waals surface area contributed by atoms with Crippen molar-refractivity contribution < 1.29 is 9.50 Å². The summed E-state index contributed by atoms with van der Waals surface area (Å²) >= 11 is 0. The van der Waals surface area contributed by atoms with Crippen LogP contribution >= 0.6 is 0 Å². The molecule has 0 bridgehead atoms. The van der Waals surface area contributed by atoms with Gasteiger partial charge in [0.2, 0.25) is 0 Å². The van der Waals surface area contributed by atoms with Crippen molar-refractivity contribution in [2.24, 2.45) is 12.0 Å². The highest BCUT2D eigenvalue weighted by Gasteiger charge is 2.13. The second-order valence-corrected chi connectivity index (χ2v) is 4.87. The van der Waals surface area contributed by atoms with Crippen LogP contribution in [0, 0.1) is 5.82 Å². The molecular weight excluding hydrogens is 245 g/mol. The number of aromatic nitrogens is 1. The first-order valence-corrected chi connectivity index (χ1v) is 6.07. The second-order valence-electron chi connectivity index (χ2n) is 4.87. The molecule has 0 radical (unpaired) electrons. The minimum absolute atomic E-state index is 0.328. The van der Waals surface area contributed by atoms with E-state index in [0.29, 0.717) is 16.8 Å². The van der Waals surface area contributed by atoms with Crippen molar-refractivity contribution in [1.29, 1.82) is 0 Å². The fourth-order valence-corrected chi connectivity index (χ4v) is 2.05. The quantitative estimate of drug-likeness (QED) is 0.683. The van der Waals surface area contributed by atoms with Crippen LogP contribution in [0.2, 0.25) is 0 Å². The van der Waals surface area contributed by atoms with Gasteiger partial charge in [-0.05, 0) is 19.1 Å². The van der Waals surface area contributed by atoms with Gasteiger partial charge in [0.1, 0.15) is 5.82 Å². The Hall–Kier alpha value is -1.88. The van der Waals surface area contributed by atoms with Crippen molar-refractivity contribution in [2.45, 2.75) is 13.0 Å². The predicted octanol–water partition coefficient (Wildman–Crippen LogP) is 2.59. The zero-order valence-electron chi connectivity index (χ0n) is 11.6. The fraction of sp³-hybridized carbons (Fsp3) is 0.357. The number of aryl methyl sites for hydroxylation is 1. The van der Waals surface area contributed by atoms with Gasteiger partial charge in [0, 0.05) is 38.3 Å². The molecule has 1 heterocycles. The summed E-state index contributed by atoms with van der Waals surface area (Å²) in [7, 11) is 5.52. The van der Waals surface area contributed by atoms with Gasteiger partial charge in [-0.3, -0.25) is 0 Å². The molecule has 2 rings (SSSR count). The zero-order chi connectivity index (χ0) is 14.2. The van der Waals surface area contributed by atoms with E-state index in [4.69, 9.17) is 0 Å². The lowest BCUT2D eigenvalue weighted by Gasteiger charge is -2.07. The minimum atomic E-state index is -0.634. The minimum Gasteiger partial charge on any atom is -0.387 e. The number of halogens is 1. The summed E-state index contributed by atoms with van der Waals surface area (Å²) < 4.78 is 15.8. The Morgan fingerprint density at radius 1 is 1.37 bits per heavy atom. The van der Waals surface area contributed by atoms with Crippen LogP contribution in [0.25, 0.3) is 10.9 Å². The van der Waals surface area contributed by atoms with E-state index in [-0.39, 0.29) is 5.82 Å². The number of aliphatic hydroxyl groups is 1. The summed E-state index contributed by atoms with van der Waals surface area (Å²) in [5.74, 6) is -0.328. The average Bonchev–Trinajstić information content (AvgIpc) is 2.65. The molecule has 19 heavy (non-hydrogen) atoms. The molecule has 4 nitrogen and oxygen atoms in total. The number of aliphatic hydroxyl groups excluding tert-OH is 1. The maximum absolute atomic E-state index is 14.0. The van der Waals surface area contributed by atoms with E-state index in [1.807, 2.05) is 27.2 Å². The number of benzene rings is 1. The van der Waals surface area contributed by atoms with Crippen LogP contribution in [0.4, 0.5) is 10.1 Å². The van der Waals surface area contributed by atoms with Gasteiger partial charge in [0.05, 0.1) is 23.6 Å². The molecule has 102 valence electrons. The summed E-state index contributed by atoms with van der Waals surface area (Å²) in [6, 6.07) is 4.88. The van der Waals surface area contributed by atoms with E-state index in [9.17, 15) is 9.50 Å². The number of hydrogen-bond acceptors (Lipinski definition) is 2. The predicted molar refractivity (Wildman–Crippen MR) is 75.3 cm³/mol. The van der Waals surface area contributed by atoms with Gasteiger partial charge < -0.3 is 14.6 Å². The Morgan fingerprint density at radius 3 is 2.63 bits per heavy atom. The van der Waals surface area contributed by atoms with Crippen LogP contribution in [0.1, 0.15) is 18.7 Å². The van der Waals surface area contributed by atoms with Crippen molar-refractivity contribution in [1.82, 2.24) is 9.47 Å². The lowest BCUT2D eigenvalue weighted by atomic mass is 10.2. The highest BCUT2D eigenvalue weighted by Crippen LogP contribution is 2.29. The molecule has 0 amide bonds. The lowest BCUT2D eigenvalue weighted by molar-refractivity contribution is 0.191. The largest absolute Gasteiger partial charge is 0.387 e. The normalized spacial score (nSPS) is 13.4. The SMILES string of the molecule is C[C@@H](O)c1cc2c(F)cc(N=CN(C)C)cc2n1C. The van der Waals surface area contributed by atoms with Gasteiger partial charge in [0.25, 0.3) is 0 Å². The van der Waals surface area contributed by atoms with E-state index in [0.717, 1.165) is 5.52 Å². The number of nitrogens with zero attached hydrogens (tertiary/aromatic N) is 3. The van der Waals surface area contributed by atoms with Gasteiger partial charge in [-0.25, -0.2) is 9.38 Å². The molecule has 0 spiro atoms. The van der Waals surface area contributed by atoms with Gasteiger partial charge in [-0.15, -0.1) is 0 Å². The molecule has 0 aliphatic heterocycles. The summed E-state index contributed by atoms with van der Waals surface area (Å²) in [5, 5.41) is 10.2. The van der Waals surface area contributed by atoms with Crippen LogP contribution in [0.3, 0.4) is 0 Å². The third kappa shape index (κ3) is 2.61. The first-order valence-electron chi connectivity index (χ1n) is 6.07. The second kappa shape index (κ2) is 5.01. The third-order valence-electron chi connectivity index (χ3n) is 3.00. The van der Waals surface area contributed by atoms with Crippen molar-refractivity contribution in [3.05, 3.63) is 29.7 Å². The first-order chi connectivity index (χ1) is 8.90. The van der Waals surface area contributed by atoms with Crippen molar-refractivity contribution in [2.75, 3.05) is 14.1 Å². The van der Waals surface area contributed by atoms with Crippen LogP contribution in [0.5, 0.6) is 0 Å². The smallest absolute Gasteiger partial charge is 0.134 e. The molecule has 1 aromatic carbocycles. The Labute approximate surface area is 111 Å². The van der Waals surface area contributed by atoms with Crippen LogP contribution in [-0.2, 0) is 7.05 Å². The summed E-state index contributed by atoms with van der Waals surface area (Å²) in [5.41, 5.74) is 1.96. The molecule has 0 saturated heterocycles. The maximum atomic E-state index is 14.0. The molecule has 2 aromatic rings. The van der Waals surface area contributed by atoms with E-state index < -0.39 is 6.10 Å². The standard InChI is InChI=1S/C14H18FN3O/c1-9(19)13-7-11-12(15)5-10(16-8-17(2)3)6-14(11)18(13)4/h5-9,19H,1-4H3/t9-/m1/s1. The maximum Gasteiger partial charge on any atom is 0.134 e. The van der Waals surface area contributed by atoms with Crippen LogP contribution in [0.15, 0.2) is 23.2 Å². The van der Waals surface area contributed by atoms with E-state index >= 15 is 0 Å². The molecule has 0 aliphatic carbocycles. The van der Waals surface area contributed by atoms with E-state index in [1.54, 1.807) is 28.8 Å². The van der Waals surface area contributed by atoms with Crippen molar-refractivity contribution >= 4 is 22.9 Å². The van der Waals surface area contributed by atoms with Gasteiger partial charge in [0.15, 0.2) is 0 Å². The molecule has 1 N–H and O–H groups in total. The fourth-order valence-electron chi connectivity index (χ4n) is 2.05. The Kier molecular flexibility index (Phi) is 3.57. The molecule has 0 aliphatic rings. The molecule has 0 unspecified atom stereocenters. The van der Waals surface area contributed by atoms with E-state index in [1.165, 1.54) is 6.07 Å². The summed E-state index contributed by atoms with van der Waals surface area (Å²) in [6.07, 6.45) is 0.990. The number of fused-ring (bicyclic) bond motifs is 1. The Bertz CT molecular complexity index is 629. The molecule has 5 heteroatoms. The molecule has 0 fully saturated rings. The monoisotopic (exact) mass is 263 g/mol. The summed E-state index contributed by atoms with van der Waals surface area (Å²) in [6.45, 7) is 1.66. The van der Waals surface area contributed by atoms with Gasteiger partial charge >= 0.3 is 0 Å². The topological polar surface area (TPSA) is 40.8 Å². The molecule has 1 atom stereocenters. The zero-order valence-corrected chi connectivity index (χ0v) is 11.6. The molecular formula is C14H18FN3O.